The number of methoxy groups -OCH3 is 1. The van der Waals surface area contributed by atoms with Gasteiger partial charge < -0.3 is 19.8 Å². The number of carbonyl (C=O) groups is 1. The van der Waals surface area contributed by atoms with E-state index < -0.39 is 0 Å². The minimum Gasteiger partial charge on any atom is -0.493 e. The number of aromatic amines is 1. The Balaban J connectivity index is 1.84. The number of nitrogens with one attached hydrogen (secondary N) is 2. The summed E-state index contributed by atoms with van der Waals surface area (Å²) in [5, 5.41) is 3.53. The number of pyridine rings is 1. The van der Waals surface area contributed by atoms with Gasteiger partial charge in [-0.05, 0) is 42.8 Å². The van der Waals surface area contributed by atoms with E-state index in [0.29, 0.717) is 41.1 Å². The van der Waals surface area contributed by atoms with Crippen LogP contribution in [0.4, 0.5) is 0 Å². The average Bonchev–Trinajstić information content (AvgIpc) is 2.66. The highest BCUT2D eigenvalue weighted by molar-refractivity contribution is 9.10. The summed E-state index contributed by atoms with van der Waals surface area (Å²) in [6, 6.07) is 12.2. The number of hydrogen-bond acceptors (Lipinski definition) is 4. The van der Waals surface area contributed by atoms with Crippen molar-refractivity contribution < 1.29 is 14.3 Å². The third kappa shape index (κ3) is 4.31. The monoisotopic (exact) mass is 430 g/mol. The predicted molar refractivity (Wildman–Crippen MR) is 108 cm³/mol. The van der Waals surface area contributed by atoms with Gasteiger partial charge in [-0.1, -0.05) is 22.0 Å². The quantitative estimate of drug-likeness (QED) is 0.625. The van der Waals surface area contributed by atoms with Crippen LogP contribution in [-0.2, 0) is 6.54 Å². The Morgan fingerprint density at radius 2 is 1.96 bits per heavy atom. The average molecular weight is 431 g/mol. The molecule has 3 aromatic rings. The van der Waals surface area contributed by atoms with Crippen LogP contribution >= 0.6 is 15.9 Å². The molecular formula is C20H19BrN2O4. The number of benzene rings is 2. The molecule has 0 saturated carbocycles. The highest BCUT2D eigenvalue weighted by Gasteiger charge is 2.13. The van der Waals surface area contributed by atoms with Crippen molar-refractivity contribution in [2.45, 2.75) is 13.5 Å². The molecule has 2 aromatic carbocycles. The lowest BCUT2D eigenvalue weighted by molar-refractivity contribution is 0.0952. The summed E-state index contributed by atoms with van der Waals surface area (Å²) in [4.78, 5) is 27.3. The molecule has 2 N–H and O–H groups in total. The zero-order valence-corrected chi connectivity index (χ0v) is 16.6. The van der Waals surface area contributed by atoms with E-state index in [-0.39, 0.29) is 11.5 Å². The smallest absolute Gasteiger partial charge is 0.252 e. The predicted octanol–water partition coefficient (Wildman–Crippen LogP) is 3.63. The maximum Gasteiger partial charge on any atom is 0.252 e. The van der Waals surface area contributed by atoms with Crippen LogP contribution in [0.15, 0.2) is 51.7 Å². The molecule has 0 aliphatic rings. The van der Waals surface area contributed by atoms with Gasteiger partial charge in [-0.3, -0.25) is 9.59 Å². The van der Waals surface area contributed by atoms with Crippen molar-refractivity contribution in [2.24, 2.45) is 0 Å². The minimum atomic E-state index is -0.321. The van der Waals surface area contributed by atoms with Crippen molar-refractivity contribution >= 4 is 32.7 Å². The maximum absolute atomic E-state index is 12.7. The van der Waals surface area contributed by atoms with Gasteiger partial charge in [-0.15, -0.1) is 0 Å². The Hall–Kier alpha value is -2.80. The maximum atomic E-state index is 12.7. The number of rotatable bonds is 6. The van der Waals surface area contributed by atoms with Crippen LogP contribution in [0.1, 0.15) is 22.8 Å². The molecule has 1 amide bonds. The lowest BCUT2D eigenvalue weighted by Gasteiger charge is -2.12. The van der Waals surface area contributed by atoms with Crippen molar-refractivity contribution in [3.8, 4) is 11.5 Å². The molecule has 0 saturated heterocycles. The molecule has 1 aromatic heterocycles. The first-order valence-electron chi connectivity index (χ1n) is 8.42. The van der Waals surface area contributed by atoms with E-state index in [0.717, 1.165) is 10.0 Å². The summed E-state index contributed by atoms with van der Waals surface area (Å²) < 4.78 is 11.7. The molecule has 0 fully saturated rings. The van der Waals surface area contributed by atoms with Gasteiger partial charge in [0.05, 0.1) is 19.3 Å². The van der Waals surface area contributed by atoms with Crippen LogP contribution in [0.3, 0.4) is 0 Å². The molecule has 0 bridgehead atoms. The molecule has 0 atom stereocenters. The van der Waals surface area contributed by atoms with Crippen molar-refractivity contribution in [3.05, 3.63) is 68.4 Å². The second-order valence-electron chi connectivity index (χ2n) is 5.84. The number of amides is 1. The summed E-state index contributed by atoms with van der Waals surface area (Å²) in [6.07, 6.45) is 0. The largest absolute Gasteiger partial charge is 0.493 e. The molecule has 3 rings (SSSR count). The van der Waals surface area contributed by atoms with Gasteiger partial charge in [-0.2, -0.15) is 0 Å². The lowest BCUT2D eigenvalue weighted by atomic mass is 10.1. The van der Waals surface area contributed by atoms with Crippen molar-refractivity contribution in [1.82, 2.24) is 10.3 Å². The fourth-order valence-corrected chi connectivity index (χ4v) is 3.15. The van der Waals surface area contributed by atoms with Crippen LogP contribution in [0.2, 0.25) is 0 Å². The Labute approximate surface area is 164 Å². The number of carbonyl (C=O) groups excluding carboxylic acids is 1. The van der Waals surface area contributed by atoms with E-state index in [1.807, 2.05) is 25.1 Å². The summed E-state index contributed by atoms with van der Waals surface area (Å²) in [6.45, 7) is 2.70. The zero-order valence-electron chi connectivity index (χ0n) is 15.0. The number of H-pyrrole nitrogens is 1. The number of fused-ring (bicyclic) bond motifs is 1. The van der Waals surface area contributed by atoms with Gasteiger partial charge in [0.1, 0.15) is 0 Å². The van der Waals surface area contributed by atoms with Crippen LogP contribution in [-0.4, -0.2) is 24.6 Å². The van der Waals surface area contributed by atoms with Crippen LogP contribution in [0, 0.1) is 0 Å². The number of ether oxygens (including phenoxy) is 2. The second kappa shape index (κ2) is 8.26. The first-order valence-corrected chi connectivity index (χ1v) is 9.21. The van der Waals surface area contributed by atoms with Gasteiger partial charge in [0.2, 0.25) is 5.56 Å². The molecule has 7 heteroatoms. The SMILES string of the molecule is CCOc1cc(CNC(=O)c2cc(=O)[nH]c3ccc(Br)cc23)ccc1OC. The van der Waals surface area contributed by atoms with Crippen molar-refractivity contribution in [1.29, 1.82) is 0 Å². The van der Waals surface area contributed by atoms with E-state index in [1.165, 1.54) is 6.07 Å². The molecule has 0 spiro atoms. The number of hydrogen-bond donors (Lipinski definition) is 2. The molecule has 0 radical (unpaired) electrons. The van der Waals surface area contributed by atoms with Crippen molar-refractivity contribution in [2.75, 3.05) is 13.7 Å². The van der Waals surface area contributed by atoms with Gasteiger partial charge in [0.25, 0.3) is 5.91 Å². The number of aromatic nitrogens is 1. The normalized spacial score (nSPS) is 10.6. The first kappa shape index (κ1) is 19.0. The van der Waals surface area contributed by atoms with E-state index in [9.17, 15) is 9.59 Å². The lowest BCUT2D eigenvalue weighted by Crippen LogP contribution is -2.24. The Kier molecular flexibility index (Phi) is 5.81. The van der Waals surface area contributed by atoms with E-state index in [4.69, 9.17) is 9.47 Å². The Bertz CT molecular complexity index is 1050. The standard InChI is InChI=1S/C20H19BrN2O4/c1-3-27-18-8-12(4-7-17(18)26-2)11-22-20(25)15-10-19(24)23-16-6-5-13(21)9-14(15)16/h4-10H,3,11H2,1-2H3,(H,22,25)(H,23,24). The number of halogens is 1. The van der Waals surface area contributed by atoms with Crippen LogP contribution in [0.5, 0.6) is 11.5 Å². The molecular weight excluding hydrogens is 412 g/mol. The fourth-order valence-electron chi connectivity index (χ4n) is 2.79. The summed E-state index contributed by atoms with van der Waals surface area (Å²) in [5.74, 6) is 0.938. The topological polar surface area (TPSA) is 80.4 Å². The zero-order chi connectivity index (χ0) is 19.4. The second-order valence-corrected chi connectivity index (χ2v) is 6.75. The summed E-state index contributed by atoms with van der Waals surface area (Å²) >= 11 is 3.40. The van der Waals surface area contributed by atoms with Crippen LogP contribution < -0.4 is 20.3 Å². The Morgan fingerprint density at radius 1 is 1.15 bits per heavy atom. The van der Waals surface area contributed by atoms with Gasteiger partial charge in [0, 0.05) is 28.0 Å². The first-order chi connectivity index (χ1) is 13.0. The fraction of sp³-hybridized carbons (Fsp3) is 0.200. The minimum absolute atomic E-state index is 0.297. The molecule has 0 aliphatic heterocycles. The van der Waals surface area contributed by atoms with Gasteiger partial charge in [-0.25, -0.2) is 0 Å². The van der Waals surface area contributed by atoms with Gasteiger partial charge in [0.15, 0.2) is 11.5 Å². The summed E-state index contributed by atoms with van der Waals surface area (Å²) in [7, 11) is 1.58. The van der Waals surface area contributed by atoms with Gasteiger partial charge >= 0.3 is 0 Å². The molecule has 27 heavy (non-hydrogen) atoms. The molecule has 0 aliphatic carbocycles. The van der Waals surface area contributed by atoms with Crippen LogP contribution in [0.25, 0.3) is 10.9 Å². The third-order valence-corrected chi connectivity index (χ3v) is 4.52. The highest BCUT2D eigenvalue weighted by atomic mass is 79.9. The van der Waals surface area contributed by atoms with E-state index >= 15 is 0 Å². The summed E-state index contributed by atoms with van der Waals surface area (Å²) in [5.41, 5.74) is 1.48. The highest BCUT2D eigenvalue weighted by Crippen LogP contribution is 2.28. The van der Waals surface area contributed by atoms with E-state index in [2.05, 4.69) is 26.2 Å². The Morgan fingerprint density at radius 3 is 2.70 bits per heavy atom. The van der Waals surface area contributed by atoms with Crippen molar-refractivity contribution in [3.63, 3.8) is 0 Å². The molecule has 6 nitrogen and oxygen atoms in total. The van der Waals surface area contributed by atoms with E-state index in [1.54, 1.807) is 25.3 Å². The third-order valence-electron chi connectivity index (χ3n) is 4.03. The molecule has 140 valence electrons. The molecule has 0 unspecified atom stereocenters. The molecule has 1 heterocycles.